The molecule has 2 amide bonds. The van der Waals surface area contributed by atoms with E-state index < -0.39 is 30.4 Å². The zero-order valence-electron chi connectivity index (χ0n) is 14.5. The number of benzene rings is 1. The van der Waals surface area contributed by atoms with E-state index in [2.05, 4.69) is 15.3 Å². The van der Waals surface area contributed by atoms with Crippen LogP contribution in [0.25, 0.3) is 10.9 Å². The summed E-state index contributed by atoms with van der Waals surface area (Å²) in [7, 11) is 0. The first-order chi connectivity index (χ1) is 13.4. The second-order valence-electron chi connectivity index (χ2n) is 6.45. The van der Waals surface area contributed by atoms with E-state index in [4.69, 9.17) is 16.7 Å². The van der Waals surface area contributed by atoms with Crippen LogP contribution >= 0.6 is 11.6 Å². The molecule has 9 heteroatoms. The number of pyridine rings is 1. The first kappa shape index (κ1) is 18.0. The fourth-order valence-corrected chi connectivity index (χ4v) is 3.50. The van der Waals surface area contributed by atoms with Gasteiger partial charge in [0.2, 0.25) is 5.91 Å². The highest BCUT2D eigenvalue weighted by atomic mass is 35.5. The van der Waals surface area contributed by atoms with Crippen LogP contribution in [0.1, 0.15) is 16.1 Å². The van der Waals surface area contributed by atoms with E-state index in [0.717, 1.165) is 10.9 Å². The number of carbonyl (C=O) groups is 3. The normalized spacial score (nSPS) is 16.1. The van der Waals surface area contributed by atoms with E-state index in [0.29, 0.717) is 16.4 Å². The van der Waals surface area contributed by atoms with Crippen molar-refractivity contribution in [2.45, 2.75) is 12.5 Å². The lowest BCUT2D eigenvalue weighted by Crippen LogP contribution is -2.54. The number of rotatable bonds is 4. The Balaban J connectivity index is 1.60. The van der Waals surface area contributed by atoms with E-state index in [9.17, 15) is 14.4 Å². The van der Waals surface area contributed by atoms with Crippen LogP contribution in [0.15, 0.2) is 42.6 Å². The number of para-hydroxylation sites is 1. The fraction of sp³-hybridized carbons (Fsp3) is 0.158. The van der Waals surface area contributed by atoms with Crippen LogP contribution in [-0.2, 0) is 16.0 Å². The van der Waals surface area contributed by atoms with Crippen molar-refractivity contribution in [1.82, 2.24) is 15.3 Å². The minimum absolute atomic E-state index is 0.260. The number of hydrogen-bond acceptors (Lipinski definition) is 4. The highest BCUT2D eigenvalue weighted by Crippen LogP contribution is 2.28. The molecule has 3 heterocycles. The molecule has 0 aliphatic carbocycles. The summed E-state index contributed by atoms with van der Waals surface area (Å²) in [5.41, 5.74) is 2.24. The molecule has 8 nitrogen and oxygen atoms in total. The average Bonchev–Trinajstić information content (AvgIpc) is 3.08. The predicted octanol–water partition coefficient (Wildman–Crippen LogP) is 1.99. The summed E-state index contributed by atoms with van der Waals surface area (Å²) in [5.74, 6) is -2.06. The second-order valence-corrected chi connectivity index (χ2v) is 6.84. The SMILES string of the molecule is O=C(O)CN1C(=O)[C@H](NC(=O)c2cc3cc(Cl)ncc3[nH]2)Cc2ccccc21. The molecule has 3 N–H and O–H groups in total. The summed E-state index contributed by atoms with van der Waals surface area (Å²) < 4.78 is 0. The van der Waals surface area contributed by atoms with Crippen molar-refractivity contribution in [3.8, 4) is 0 Å². The molecule has 1 aliphatic heterocycles. The van der Waals surface area contributed by atoms with Gasteiger partial charge in [0.05, 0.1) is 11.7 Å². The Labute approximate surface area is 164 Å². The van der Waals surface area contributed by atoms with Crippen molar-refractivity contribution in [1.29, 1.82) is 0 Å². The number of aromatic nitrogens is 2. The molecular weight excluding hydrogens is 384 g/mol. The van der Waals surface area contributed by atoms with E-state index in [1.54, 1.807) is 30.3 Å². The number of anilines is 1. The molecule has 0 bridgehead atoms. The first-order valence-electron chi connectivity index (χ1n) is 8.48. The Morgan fingerprint density at radius 1 is 1.32 bits per heavy atom. The topological polar surface area (TPSA) is 115 Å². The summed E-state index contributed by atoms with van der Waals surface area (Å²) in [6.45, 7) is -0.473. The number of fused-ring (bicyclic) bond motifs is 2. The number of nitrogens with one attached hydrogen (secondary N) is 2. The lowest BCUT2D eigenvalue weighted by molar-refractivity contribution is -0.137. The number of amides is 2. The third-order valence-electron chi connectivity index (χ3n) is 4.59. The largest absolute Gasteiger partial charge is 0.480 e. The van der Waals surface area contributed by atoms with E-state index in [1.807, 2.05) is 6.07 Å². The molecule has 1 aromatic carbocycles. The maximum Gasteiger partial charge on any atom is 0.323 e. The Bertz CT molecular complexity index is 1110. The lowest BCUT2D eigenvalue weighted by Gasteiger charge is -2.33. The van der Waals surface area contributed by atoms with Gasteiger partial charge in [-0.25, -0.2) is 4.98 Å². The van der Waals surface area contributed by atoms with Crippen molar-refractivity contribution in [3.05, 3.63) is 59.0 Å². The van der Waals surface area contributed by atoms with Crippen molar-refractivity contribution >= 4 is 46.0 Å². The predicted molar refractivity (Wildman–Crippen MR) is 102 cm³/mol. The number of carbonyl (C=O) groups excluding carboxylic acids is 2. The third kappa shape index (κ3) is 3.29. The quantitative estimate of drug-likeness (QED) is 0.581. The Kier molecular flexibility index (Phi) is 4.48. The van der Waals surface area contributed by atoms with E-state index in [-0.39, 0.29) is 12.1 Å². The number of hydrogen-bond donors (Lipinski definition) is 3. The molecule has 0 saturated carbocycles. The molecule has 2 aromatic heterocycles. The van der Waals surface area contributed by atoms with Crippen LogP contribution in [0.4, 0.5) is 5.69 Å². The highest BCUT2D eigenvalue weighted by Gasteiger charge is 2.35. The van der Waals surface area contributed by atoms with Gasteiger partial charge in [-0.1, -0.05) is 29.8 Å². The third-order valence-corrected chi connectivity index (χ3v) is 4.79. The molecule has 0 saturated heterocycles. The average molecular weight is 399 g/mol. The maximum atomic E-state index is 12.8. The molecule has 0 fully saturated rings. The van der Waals surface area contributed by atoms with Crippen molar-refractivity contribution in [2.75, 3.05) is 11.4 Å². The number of H-pyrrole nitrogens is 1. The first-order valence-corrected chi connectivity index (χ1v) is 8.86. The summed E-state index contributed by atoms with van der Waals surface area (Å²) >= 11 is 5.86. The van der Waals surface area contributed by atoms with Gasteiger partial charge < -0.3 is 15.4 Å². The van der Waals surface area contributed by atoms with Crippen LogP contribution in [-0.4, -0.2) is 45.4 Å². The number of carboxylic acid groups (broad SMARTS) is 1. The van der Waals surface area contributed by atoms with Gasteiger partial charge in [0.1, 0.15) is 23.4 Å². The standard InChI is InChI=1S/C19H15ClN4O4/c20-16-7-11-6-12(22-14(11)8-21-16)18(27)23-13-5-10-3-1-2-4-15(10)24(19(13)28)9-17(25)26/h1-4,6-8,13,22H,5,9H2,(H,23,27)(H,25,26)/t13-/m1/s1. The Morgan fingerprint density at radius 2 is 2.11 bits per heavy atom. The van der Waals surface area contributed by atoms with Crippen LogP contribution in [0.5, 0.6) is 0 Å². The molecule has 1 atom stereocenters. The van der Waals surface area contributed by atoms with Gasteiger partial charge in [0.15, 0.2) is 0 Å². The van der Waals surface area contributed by atoms with E-state index in [1.165, 1.54) is 11.1 Å². The maximum absolute atomic E-state index is 12.8. The summed E-state index contributed by atoms with van der Waals surface area (Å²) in [6, 6.07) is 9.43. The molecule has 0 spiro atoms. The monoisotopic (exact) mass is 398 g/mol. The summed E-state index contributed by atoms with van der Waals surface area (Å²) in [4.78, 5) is 44.8. The molecule has 0 unspecified atom stereocenters. The molecule has 0 radical (unpaired) electrons. The Hall–Kier alpha value is -3.39. The van der Waals surface area contributed by atoms with Crippen molar-refractivity contribution < 1.29 is 19.5 Å². The van der Waals surface area contributed by atoms with Crippen LogP contribution < -0.4 is 10.2 Å². The molecule has 142 valence electrons. The van der Waals surface area contributed by atoms with Gasteiger partial charge in [0.25, 0.3) is 5.91 Å². The van der Waals surface area contributed by atoms with E-state index >= 15 is 0 Å². The fourth-order valence-electron chi connectivity index (χ4n) is 3.33. The van der Waals surface area contributed by atoms with Gasteiger partial charge in [-0.2, -0.15) is 0 Å². The Morgan fingerprint density at radius 3 is 2.89 bits per heavy atom. The van der Waals surface area contributed by atoms with Crippen molar-refractivity contribution in [3.63, 3.8) is 0 Å². The van der Waals surface area contributed by atoms with Gasteiger partial charge in [0, 0.05) is 17.5 Å². The minimum atomic E-state index is -1.13. The second kappa shape index (κ2) is 6.97. The number of aromatic amines is 1. The summed E-state index contributed by atoms with van der Waals surface area (Å²) in [5, 5.41) is 12.9. The smallest absolute Gasteiger partial charge is 0.323 e. The molecule has 3 aromatic rings. The van der Waals surface area contributed by atoms with Gasteiger partial charge in [-0.3, -0.25) is 19.3 Å². The number of nitrogens with zero attached hydrogens (tertiary/aromatic N) is 2. The minimum Gasteiger partial charge on any atom is -0.480 e. The lowest BCUT2D eigenvalue weighted by atomic mass is 9.97. The highest BCUT2D eigenvalue weighted by molar-refractivity contribution is 6.30. The number of halogens is 1. The van der Waals surface area contributed by atoms with Gasteiger partial charge in [-0.05, 0) is 23.8 Å². The van der Waals surface area contributed by atoms with Crippen molar-refractivity contribution in [2.24, 2.45) is 0 Å². The molecule has 1 aliphatic rings. The van der Waals surface area contributed by atoms with Gasteiger partial charge in [-0.15, -0.1) is 0 Å². The molecule has 4 rings (SSSR count). The molecule has 28 heavy (non-hydrogen) atoms. The zero-order valence-corrected chi connectivity index (χ0v) is 15.2. The number of aliphatic carboxylic acids is 1. The van der Waals surface area contributed by atoms with Crippen LogP contribution in [0.2, 0.25) is 5.15 Å². The summed E-state index contributed by atoms with van der Waals surface area (Å²) in [6.07, 6.45) is 1.80. The van der Waals surface area contributed by atoms with Crippen LogP contribution in [0, 0.1) is 0 Å². The molecular formula is C19H15ClN4O4. The zero-order chi connectivity index (χ0) is 19.8. The number of carboxylic acids is 1. The van der Waals surface area contributed by atoms with Crippen LogP contribution in [0.3, 0.4) is 0 Å². The van der Waals surface area contributed by atoms with Gasteiger partial charge >= 0.3 is 5.97 Å².